The van der Waals surface area contributed by atoms with E-state index in [-0.39, 0.29) is 11.7 Å². The van der Waals surface area contributed by atoms with E-state index in [0.29, 0.717) is 0 Å². The Morgan fingerprint density at radius 1 is 1.32 bits per heavy atom. The maximum atomic E-state index is 12.6. The molecule has 2 aromatic rings. The summed E-state index contributed by atoms with van der Waals surface area (Å²) in [6, 6.07) is 5.86. The second kappa shape index (κ2) is 5.16. The number of ketones is 1. The number of fused-ring (bicyclic) bond motifs is 1. The molecule has 3 rings (SSSR count). The molecule has 0 aromatic carbocycles. The van der Waals surface area contributed by atoms with Crippen molar-refractivity contribution < 1.29 is 4.79 Å². The van der Waals surface area contributed by atoms with Gasteiger partial charge in [-0.1, -0.05) is 19.4 Å². The van der Waals surface area contributed by atoms with Crippen LogP contribution in [0.1, 0.15) is 49.4 Å². The van der Waals surface area contributed by atoms with E-state index in [4.69, 9.17) is 0 Å². The van der Waals surface area contributed by atoms with Gasteiger partial charge in [-0.05, 0) is 43.7 Å². The van der Waals surface area contributed by atoms with Crippen molar-refractivity contribution in [1.29, 1.82) is 0 Å². The normalized spacial score (nSPS) is 23.6. The smallest absolute Gasteiger partial charge is 0.169 e. The fourth-order valence-electron chi connectivity index (χ4n) is 3.18. The first-order valence-corrected chi connectivity index (χ1v) is 7.26. The van der Waals surface area contributed by atoms with Crippen LogP contribution >= 0.6 is 0 Å². The van der Waals surface area contributed by atoms with Gasteiger partial charge in [0.25, 0.3) is 0 Å². The molecule has 0 radical (unpaired) electrons. The van der Waals surface area contributed by atoms with Crippen molar-refractivity contribution in [1.82, 2.24) is 9.61 Å². The summed E-state index contributed by atoms with van der Waals surface area (Å²) in [6.45, 7) is 2.25. The summed E-state index contributed by atoms with van der Waals surface area (Å²) in [6.07, 6.45) is 9.35. The van der Waals surface area contributed by atoms with Gasteiger partial charge in [0.05, 0.1) is 17.3 Å². The molecule has 1 fully saturated rings. The second-order valence-electron chi connectivity index (χ2n) is 5.58. The molecule has 100 valence electrons. The summed E-state index contributed by atoms with van der Waals surface area (Å²) < 4.78 is 1.78. The average molecular weight is 256 g/mol. The Morgan fingerprint density at radius 2 is 2.11 bits per heavy atom. The van der Waals surface area contributed by atoms with Crippen molar-refractivity contribution in [2.24, 2.45) is 11.8 Å². The van der Waals surface area contributed by atoms with Crippen LogP contribution in [0.3, 0.4) is 0 Å². The zero-order valence-corrected chi connectivity index (χ0v) is 11.4. The van der Waals surface area contributed by atoms with Crippen LogP contribution in [0.5, 0.6) is 0 Å². The van der Waals surface area contributed by atoms with Gasteiger partial charge in [-0.25, -0.2) is 4.52 Å². The topological polar surface area (TPSA) is 34.4 Å². The number of rotatable bonds is 3. The average Bonchev–Trinajstić information content (AvgIpc) is 2.90. The van der Waals surface area contributed by atoms with Gasteiger partial charge in [-0.2, -0.15) is 5.10 Å². The zero-order chi connectivity index (χ0) is 13.2. The minimum Gasteiger partial charge on any atom is -0.294 e. The van der Waals surface area contributed by atoms with Crippen LogP contribution in [0.25, 0.3) is 5.52 Å². The molecule has 0 aliphatic heterocycles. The number of hydrogen-bond acceptors (Lipinski definition) is 2. The fourth-order valence-corrected chi connectivity index (χ4v) is 3.18. The predicted molar refractivity (Wildman–Crippen MR) is 75.3 cm³/mol. The molecule has 0 bridgehead atoms. The number of hydrogen-bond donors (Lipinski definition) is 0. The molecule has 0 spiro atoms. The van der Waals surface area contributed by atoms with Crippen molar-refractivity contribution in [3.8, 4) is 0 Å². The van der Waals surface area contributed by atoms with E-state index in [1.54, 1.807) is 10.7 Å². The minimum atomic E-state index is 0.205. The molecule has 19 heavy (non-hydrogen) atoms. The first-order valence-electron chi connectivity index (χ1n) is 7.26. The lowest BCUT2D eigenvalue weighted by Gasteiger charge is -2.26. The highest BCUT2D eigenvalue weighted by Gasteiger charge is 2.27. The Morgan fingerprint density at radius 3 is 2.84 bits per heavy atom. The summed E-state index contributed by atoms with van der Waals surface area (Å²) in [5, 5.41) is 4.26. The number of Topliss-reactive ketones (excluding diaryl/α,β-unsaturated/α-hetero) is 1. The summed E-state index contributed by atoms with van der Waals surface area (Å²) in [4.78, 5) is 12.6. The van der Waals surface area contributed by atoms with Gasteiger partial charge in [0.2, 0.25) is 0 Å². The summed E-state index contributed by atoms with van der Waals surface area (Å²) in [5.41, 5.74) is 1.73. The van der Waals surface area contributed by atoms with Crippen molar-refractivity contribution in [3.05, 3.63) is 36.2 Å². The molecule has 0 unspecified atom stereocenters. The van der Waals surface area contributed by atoms with E-state index in [0.717, 1.165) is 29.8 Å². The van der Waals surface area contributed by atoms with Crippen LogP contribution in [0.2, 0.25) is 0 Å². The number of nitrogens with zero attached hydrogens (tertiary/aromatic N) is 2. The van der Waals surface area contributed by atoms with E-state index in [2.05, 4.69) is 12.0 Å². The van der Waals surface area contributed by atoms with Crippen molar-refractivity contribution in [2.75, 3.05) is 0 Å². The molecule has 0 saturated heterocycles. The zero-order valence-electron chi connectivity index (χ0n) is 11.4. The molecule has 0 atom stereocenters. The van der Waals surface area contributed by atoms with Crippen LogP contribution in [-0.4, -0.2) is 15.4 Å². The third-order valence-corrected chi connectivity index (χ3v) is 4.49. The Hall–Kier alpha value is -1.64. The second-order valence-corrected chi connectivity index (χ2v) is 5.58. The standard InChI is InChI=1S/C16H20N2O/c1-2-12-6-8-13(9-7-12)16(19)14-11-17-18-10-4-3-5-15(14)18/h3-5,10-13H,2,6-9H2,1H3. The van der Waals surface area contributed by atoms with E-state index >= 15 is 0 Å². The number of pyridine rings is 1. The summed E-state index contributed by atoms with van der Waals surface area (Å²) in [5.74, 6) is 1.32. The van der Waals surface area contributed by atoms with Gasteiger partial charge in [0, 0.05) is 12.1 Å². The Kier molecular flexibility index (Phi) is 3.36. The lowest BCUT2D eigenvalue weighted by Crippen LogP contribution is -2.21. The Bertz CT molecular complexity index is 579. The van der Waals surface area contributed by atoms with Crippen molar-refractivity contribution >= 4 is 11.3 Å². The molecule has 1 aliphatic carbocycles. The van der Waals surface area contributed by atoms with E-state index < -0.39 is 0 Å². The highest BCUT2D eigenvalue weighted by Crippen LogP contribution is 2.33. The van der Waals surface area contributed by atoms with E-state index in [9.17, 15) is 4.79 Å². The van der Waals surface area contributed by atoms with Crippen LogP contribution in [0.15, 0.2) is 30.6 Å². The van der Waals surface area contributed by atoms with Crippen molar-refractivity contribution in [3.63, 3.8) is 0 Å². The van der Waals surface area contributed by atoms with Crippen LogP contribution in [0, 0.1) is 11.8 Å². The van der Waals surface area contributed by atoms with Gasteiger partial charge in [-0.15, -0.1) is 0 Å². The quantitative estimate of drug-likeness (QED) is 0.784. The molecule has 2 aromatic heterocycles. The number of carbonyl (C=O) groups is 1. The van der Waals surface area contributed by atoms with Crippen LogP contribution in [0.4, 0.5) is 0 Å². The number of carbonyl (C=O) groups excluding carboxylic acids is 1. The van der Waals surface area contributed by atoms with Crippen LogP contribution < -0.4 is 0 Å². The molecule has 2 heterocycles. The van der Waals surface area contributed by atoms with E-state index in [1.807, 2.05) is 24.4 Å². The molecule has 1 saturated carbocycles. The maximum absolute atomic E-state index is 12.6. The maximum Gasteiger partial charge on any atom is 0.169 e. The number of aromatic nitrogens is 2. The Balaban J connectivity index is 1.81. The highest BCUT2D eigenvalue weighted by atomic mass is 16.1. The molecular weight excluding hydrogens is 236 g/mol. The van der Waals surface area contributed by atoms with Gasteiger partial charge in [0.15, 0.2) is 5.78 Å². The highest BCUT2D eigenvalue weighted by molar-refractivity contribution is 6.03. The lowest BCUT2D eigenvalue weighted by molar-refractivity contribution is 0.0873. The molecule has 1 aliphatic rings. The lowest BCUT2D eigenvalue weighted by atomic mass is 9.78. The third kappa shape index (κ3) is 2.29. The monoisotopic (exact) mass is 256 g/mol. The molecule has 3 nitrogen and oxygen atoms in total. The molecular formula is C16H20N2O. The Labute approximate surface area is 113 Å². The molecule has 0 N–H and O–H groups in total. The largest absolute Gasteiger partial charge is 0.294 e. The van der Waals surface area contributed by atoms with Crippen molar-refractivity contribution in [2.45, 2.75) is 39.0 Å². The molecule has 0 amide bonds. The summed E-state index contributed by atoms with van der Waals surface area (Å²) in [7, 11) is 0. The predicted octanol–water partition coefficient (Wildman–Crippen LogP) is 3.73. The third-order valence-electron chi connectivity index (χ3n) is 4.49. The minimum absolute atomic E-state index is 0.205. The fraction of sp³-hybridized carbons (Fsp3) is 0.500. The van der Waals surface area contributed by atoms with Crippen LogP contribution in [-0.2, 0) is 0 Å². The first kappa shape index (κ1) is 12.4. The van der Waals surface area contributed by atoms with Gasteiger partial charge >= 0.3 is 0 Å². The SMILES string of the molecule is CCC1CCC(C(=O)c2cnn3ccccc23)CC1. The molecule has 3 heteroatoms. The van der Waals surface area contributed by atoms with Gasteiger partial charge < -0.3 is 0 Å². The summed E-state index contributed by atoms with van der Waals surface area (Å²) >= 11 is 0. The van der Waals surface area contributed by atoms with Gasteiger partial charge in [-0.3, -0.25) is 4.79 Å². The first-order chi connectivity index (χ1) is 9.29. The van der Waals surface area contributed by atoms with E-state index in [1.165, 1.54) is 19.3 Å². The van der Waals surface area contributed by atoms with Gasteiger partial charge in [0.1, 0.15) is 0 Å².